The van der Waals surface area contributed by atoms with E-state index in [-0.39, 0.29) is 37.3 Å². The third-order valence-corrected chi connectivity index (χ3v) is 4.92. The number of aliphatic hydroxyl groups excluding tert-OH is 1. The van der Waals surface area contributed by atoms with Crippen molar-refractivity contribution in [2.75, 3.05) is 13.2 Å². The Morgan fingerprint density at radius 1 is 1.23 bits per heavy atom. The molecule has 0 aromatic heterocycles. The van der Waals surface area contributed by atoms with Crippen LogP contribution < -0.4 is 10.1 Å². The van der Waals surface area contributed by atoms with Gasteiger partial charge in [-0.2, -0.15) is 8.78 Å². The van der Waals surface area contributed by atoms with E-state index in [2.05, 4.69) is 10.1 Å². The zero-order valence-electron chi connectivity index (χ0n) is 16.8. The number of carbonyl (C=O) groups is 2. The Hall–Kier alpha value is -3.00. The average molecular weight is 418 g/mol. The number of halogens is 2. The molecule has 1 aliphatic rings. The van der Waals surface area contributed by atoms with E-state index in [1.54, 1.807) is 36.4 Å². The summed E-state index contributed by atoms with van der Waals surface area (Å²) in [5.41, 5.74) is 1.06. The largest absolute Gasteiger partial charge is 0.435 e. The number of fused-ring (bicyclic) bond motifs is 1. The molecular weight excluding hydrogens is 394 g/mol. The highest BCUT2D eigenvalue weighted by Gasteiger charge is 2.42. The van der Waals surface area contributed by atoms with Crippen molar-refractivity contribution in [3.63, 3.8) is 0 Å². The second-order valence-corrected chi connectivity index (χ2v) is 7.99. The second-order valence-electron chi connectivity index (χ2n) is 7.99. The van der Waals surface area contributed by atoms with Gasteiger partial charge in [-0.1, -0.05) is 44.2 Å². The molecule has 0 bridgehead atoms. The summed E-state index contributed by atoms with van der Waals surface area (Å²) < 4.78 is 29.2. The van der Waals surface area contributed by atoms with Crippen molar-refractivity contribution in [2.45, 2.75) is 33.0 Å². The molecule has 3 rings (SSSR count). The Balaban J connectivity index is 1.79. The van der Waals surface area contributed by atoms with Crippen LogP contribution in [0.25, 0.3) is 0 Å². The Morgan fingerprint density at radius 2 is 1.97 bits per heavy atom. The maximum atomic E-state index is 13.1. The number of nitrogens with zero attached hydrogens (tertiary/aromatic N) is 1. The summed E-state index contributed by atoms with van der Waals surface area (Å²) in [5, 5.41) is 12.4. The molecule has 0 spiro atoms. The highest BCUT2D eigenvalue weighted by Crippen LogP contribution is 2.36. The van der Waals surface area contributed by atoms with E-state index in [1.807, 2.05) is 13.8 Å². The van der Waals surface area contributed by atoms with Gasteiger partial charge in [-0.25, -0.2) is 0 Å². The molecule has 2 aromatic rings. The van der Waals surface area contributed by atoms with Crippen molar-refractivity contribution in [2.24, 2.45) is 5.41 Å². The predicted molar refractivity (Wildman–Crippen MR) is 106 cm³/mol. The number of hydrogen-bond acceptors (Lipinski definition) is 4. The number of alkyl halides is 2. The van der Waals surface area contributed by atoms with E-state index >= 15 is 0 Å². The van der Waals surface area contributed by atoms with Gasteiger partial charge in [-0.05, 0) is 29.3 Å². The van der Waals surface area contributed by atoms with Crippen molar-refractivity contribution in [3.8, 4) is 5.75 Å². The number of nitrogens with one attached hydrogen (secondary N) is 1. The molecule has 6 nitrogen and oxygen atoms in total. The molecule has 2 amide bonds. The van der Waals surface area contributed by atoms with Gasteiger partial charge < -0.3 is 20.1 Å². The van der Waals surface area contributed by atoms with Crippen LogP contribution in [0.2, 0.25) is 0 Å². The number of aliphatic hydroxyl groups is 1. The van der Waals surface area contributed by atoms with Crippen LogP contribution in [0.3, 0.4) is 0 Å². The minimum atomic E-state index is -2.93. The number of benzene rings is 2. The fourth-order valence-corrected chi connectivity index (χ4v) is 3.44. The van der Waals surface area contributed by atoms with Crippen LogP contribution >= 0.6 is 0 Å². The predicted octanol–water partition coefficient (Wildman–Crippen LogP) is 3.12. The third kappa shape index (κ3) is 4.76. The highest BCUT2D eigenvalue weighted by atomic mass is 19.3. The lowest BCUT2D eigenvalue weighted by atomic mass is 9.93. The summed E-state index contributed by atoms with van der Waals surface area (Å²) in [7, 11) is 0. The molecule has 2 aromatic carbocycles. The Kier molecular flexibility index (Phi) is 6.36. The van der Waals surface area contributed by atoms with E-state index in [0.717, 1.165) is 0 Å². The standard InChI is InChI=1S/C22H24F2N2O4/c1-22(2,13-27)12-26-18(16-8-3-4-9-17(16)20(26)29)19(28)25-11-14-6-5-7-15(10-14)30-21(23)24/h3-10,18,21,27H,11-13H2,1-2H3,(H,25,28). The van der Waals surface area contributed by atoms with Crippen molar-refractivity contribution < 1.29 is 28.2 Å². The number of carbonyl (C=O) groups excluding carboxylic acids is 2. The van der Waals surface area contributed by atoms with Crippen molar-refractivity contribution in [3.05, 3.63) is 65.2 Å². The van der Waals surface area contributed by atoms with Crippen molar-refractivity contribution in [1.29, 1.82) is 0 Å². The van der Waals surface area contributed by atoms with Gasteiger partial charge >= 0.3 is 6.61 Å². The molecule has 2 N–H and O–H groups in total. The van der Waals surface area contributed by atoms with E-state index in [1.165, 1.54) is 17.0 Å². The molecule has 1 unspecified atom stereocenters. The maximum absolute atomic E-state index is 13.1. The number of hydrogen-bond donors (Lipinski definition) is 2. The Morgan fingerprint density at radius 3 is 2.67 bits per heavy atom. The summed E-state index contributed by atoms with van der Waals surface area (Å²) in [4.78, 5) is 27.4. The van der Waals surface area contributed by atoms with Gasteiger partial charge in [0, 0.05) is 30.7 Å². The molecule has 0 saturated carbocycles. The first-order valence-electron chi connectivity index (χ1n) is 9.54. The van der Waals surface area contributed by atoms with E-state index in [9.17, 15) is 23.5 Å². The molecule has 1 heterocycles. The minimum Gasteiger partial charge on any atom is -0.435 e. The summed E-state index contributed by atoms with van der Waals surface area (Å²) >= 11 is 0. The van der Waals surface area contributed by atoms with Crippen LogP contribution in [0, 0.1) is 5.41 Å². The fourth-order valence-electron chi connectivity index (χ4n) is 3.44. The summed E-state index contributed by atoms with van der Waals surface area (Å²) in [6.45, 7) is 0.841. The molecule has 160 valence electrons. The zero-order valence-corrected chi connectivity index (χ0v) is 16.8. The SMILES string of the molecule is CC(C)(CO)CN1C(=O)c2ccccc2C1C(=O)NCc1cccc(OC(F)F)c1. The first-order chi connectivity index (χ1) is 14.2. The normalized spacial score (nSPS) is 16.0. The quantitative estimate of drug-likeness (QED) is 0.691. The van der Waals surface area contributed by atoms with Gasteiger partial charge in [0.15, 0.2) is 0 Å². The molecule has 1 atom stereocenters. The van der Waals surface area contributed by atoms with Crippen LogP contribution in [-0.4, -0.2) is 41.6 Å². The molecule has 0 radical (unpaired) electrons. The van der Waals surface area contributed by atoms with Gasteiger partial charge in [0.25, 0.3) is 5.91 Å². The first kappa shape index (κ1) is 21.7. The summed E-state index contributed by atoms with van der Waals surface area (Å²) in [6.07, 6.45) is 0. The zero-order chi connectivity index (χ0) is 21.9. The monoisotopic (exact) mass is 418 g/mol. The summed E-state index contributed by atoms with van der Waals surface area (Å²) in [5.74, 6) is -0.647. The molecule has 0 aliphatic carbocycles. The lowest BCUT2D eigenvalue weighted by Gasteiger charge is -2.32. The van der Waals surface area contributed by atoms with Crippen molar-refractivity contribution >= 4 is 11.8 Å². The van der Waals surface area contributed by atoms with Gasteiger partial charge in [-0.15, -0.1) is 0 Å². The van der Waals surface area contributed by atoms with E-state index in [0.29, 0.717) is 16.7 Å². The first-order valence-corrected chi connectivity index (χ1v) is 9.54. The molecule has 1 aliphatic heterocycles. The van der Waals surface area contributed by atoms with Gasteiger partial charge in [0.2, 0.25) is 5.91 Å². The van der Waals surface area contributed by atoms with Crippen LogP contribution in [0.4, 0.5) is 8.78 Å². The Labute approximate surface area is 173 Å². The van der Waals surface area contributed by atoms with Crippen LogP contribution in [0.1, 0.15) is 41.4 Å². The second kappa shape index (κ2) is 8.79. The number of ether oxygens (including phenoxy) is 1. The lowest BCUT2D eigenvalue weighted by molar-refractivity contribution is -0.126. The topological polar surface area (TPSA) is 78.9 Å². The third-order valence-electron chi connectivity index (χ3n) is 4.92. The maximum Gasteiger partial charge on any atom is 0.387 e. The fraction of sp³-hybridized carbons (Fsp3) is 0.364. The average Bonchev–Trinajstić information content (AvgIpc) is 2.97. The van der Waals surface area contributed by atoms with Gasteiger partial charge in [-0.3, -0.25) is 9.59 Å². The van der Waals surface area contributed by atoms with Gasteiger partial charge in [0.05, 0.1) is 0 Å². The highest BCUT2D eigenvalue weighted by molar-refractivity contribution is 6.04. The lowest BCUT2D eigenvalue weighted by Crippen LogP contribution is -2.44. The molecular formula is C22H24F2N2O4. The minimum absolute atomic E-state index is 0.00413. The summed E-state index contributed by atoms with van der Waals surface area (Å²) in [6, 6.07) is 12.1. The van der Waals surface area contributed by atoms with Crippen LogP contribution in [0.5, 0.6) is 5.75 Å². The van der Waals surface area contributed by atoms with Crippen LogP contribution in [0.15, 0.2) is 48.5 Å². The van der Waals surface area contributed by atoms with Crippen LogP contribution in [-0.2, 0) is 11.3 Å². The molecule has 0 fully saturated rings. The van der Waals surface area contributed by atoms with Crippen molar-refractivity contribution in [1.82, 2.24) is 10.2 Å². The number of rotatable bonds is 8. The van der Waals surface area contributed by atoms with Gasteiger partial charge in [0.1, 0.15) is 11.8 Å². The van der Waals surface area contributed by atoms with E-state index in [4.69, 9.17) is 0 Å². The Bertz CT molecular complexity index is 933. The number of amides is 2. The molecule has 8 heteroatoms. The molecule has 0 saturated heterocycles. The molecule has 30 heavy (non-hydrogen) atoms. The smallest absolute Gasteiger partial charge is 0.387 e. The van der Waals surface area contributed by atoms with E-state index < -0.39 is 18.1 Å².